The average Bonchev–Trinajstić information content (AvgIpc) is 2.38. The number of non-ortho nitro benzene ring substituents is 1. The van der Waals surface area contributed by atoms with E-state index in [0.717, 1.165) is 12.1 Å². The van der Waals surface area contributed by atoms with Crippen molar-refractivity contribution in [2.45, 2.75) is 12.7 Å². The number of aliphatic carboxylic acids is 1. The van der Waals surface area contributed by atoms with Crippen molar-refractivity contribution in [3.05, 3.63) is 44.0 Å². The maximum atomic E-state index is 11.8. The minimum atomic E-state index is -1.62. The van der Waals surface area contributed by atoms with Crippen LogP contribution in [0.3, 0.4) is 0 Å². The normalized spacial score (nSPS) is 13.4. The summed E-state index contributed by atoms with van der Waals surface area (Å²) in [5.74, 6) is -2.33. The smallest absolute Gasteiger partial charge is 0.307 e. The standard InChI is InChI=1S/C11H12N2O7S/c1-7(11(14)15)5-21(20)6-8-2-3-9(12(16)17)4-10(8)13(18)19/h2-4,7H,5-6H2,1H3,(H,14,15). The SMILES string of the molecule is CC(CS(=O)Cc1ccc([N+](=O)[O-])cc1[N+](=O)[O-])C(=O)O. The molecule has 0 aliphatic rings. The molecule has 0 bridgehead atoms. The molecule has 0 fully saturated rings. The highest BCUT2D eigenvalue weighted by Crippen LogP contribution is 2.26. The van der Waals surface area contributed by atoms with E-state index in [0.29, 0.717) is 0 Å². The Morgan fingerprint density at radius 3 is 2.43 bits per heavy atom. The fraction of sp³-hybridized carbons (Fsp3) is 0.364. The van der Waals surface area contributed by atoms with E-state index in [4.69, 9.17) is 5.11 Å². The van der Waals surface area contributed by atoms with Gasteiger partial charge in [-0.2, -0.15) is 0 Å². The number of nitro groups is 2. The molecule has 1 rings (SSSR count). The van der Waals surface area contributed by atoms with Gasteiger partial charge in [-0.05, 0) is 6.07 Å². The fourth-order valence-electron chi connectivity index (χ4n) is 1.54. The molecule has 0 aliphatic heterocycles. The van der Waals surface area contributed by atoms with Gasteiger partial charge in [-0.25, -0.2) is 0 Å². The predicted octanol–water partition coefficient (Wildman–Crippen LogP) is 1.47. The molecule has 9 nitrogen and oxygen atoms in total. The molecule has 0 saturated carbocycles. The molecule has 21 heavy (non-hydrogen) atoms. The molecule has 2 atom stereocenters. The van der Waals surface area contributed by atoms with Crippen molar-refractivity contribution in [2.24, 2.45) is 5.92 Å². The van der Waals surface area contributed by atoms with E-state index in [2.05, 4.69) is 0 Å². The van der Waals surface area contributed by atoms with Crippen molar-refractivity contribution in [3.8, 4) is 0 Å². The Bertz CT molecular complexity index is 617. The molecule has 1 N–H and O–H groups in total. The van der Waals surface area contributed by atoms with Crippen molar-refractivity contribution in [1.29, 1.82) is 0 Å². The molecule has 0 aliphatic carbocycles. The second-order valence-electron chi connectivity index (χ2n) is 4.32. The van der Waals surface area contributed by atoms with Crippen LogP contribution in [0, 0.1) is 26.1 Å². The highest BCUT2D eigenvalue weighted by atomic mass is 32.2. The Balaban J connectivity index is 2.97. The molecule has 1 aromatic rings. The fourth-order valence-corrected chi connectivity index (χ4v) is 2.95. The van der Waals surface area contributed by atoms with Gasteiger partial charge in [0.25, 0.3) is 11.4 Å². The first-order chi connectivity index (χ1) is 9.72. The van der Waals surface area contributed by atoms with Crippen LogP contribution in [0.15, 0.2) is 18.2 Å². The first-order valence-corrected chi connectivity index (χ1v) is 7.20. The zero-order valence-corrected chi connectivity index (χ0v) is 11.7. The predicted molar refractivity (Wildman–Crippen MR) is 73.3 cm³/mol. The van der Waals surface area contributed by atoms with Gasteiger partial charge < -0.3 is 5.11 Å². The van der Waals surface area contributed by atoms with Crippen molar-refractivity contribution in [1.82, 2.24) is 0 Å². The van der Waals surface area contributed by atoms with Gasteiger partial charge in [-0.3, -0.25) is 29.2 Å². The zero-order valence-electron chi connectivity index (χ0n) is 10.9. The van der Waals surface area contributed by atoms with Gasteiger partial charge in [0.1, 0.15) is 0 Å². The topological polar surface area (TPSA) is 141 Å². The van der Waals surface area contributed by atoms with Crippen molar-refractivity contribution in [2.75, 3.05) is 5.75 Å². The van der Waals surface area contributed by atoms with Gasteiger partial charge in [-0.15, -0.1) is 0 Å². The van der Waals surface area contributed by atoms with E-state index >= 15 is 0 Å². The van der Waals surface area contributed by atoms with Crippen LogP contribution in [0.1, 0.15) is 12.5 Å². The molecule has 2 unspecified atom stereocenters. The lowest BCUT2D eigenvalue weighted by Crippen LogP contribution is -2.18. The number of carboxylic acids is 1. The quantitative estimate of drug-likeness (QED) is 0.593. The third-order valence-corrected chi connectivity index (χ3v) is 4.16. The van der Waals surface area contributed by atoms with E-state index in [1.165, 1.54) is 13.0 Å². The number of benzene rings is 1. The maximum Gasteiger partial charge on any atom is 0.307 e. The molecule has 0 saturated heterocycles. The molecule has 10 heteroatoms. The highest BCUT2D eigenvalue weighted by Gasteiger charge is 2.22. The molecule has 0 spiro atoms. The minimum absolute atomic E-state index is 0.0709. The summed E-state index contributed by atoms with van der Waals surface area (Å²) in [7, 11) is -1.62. The molecule has 0 aromatic heterocycles. The number of hydrogen-bond donors (Lipinski definition) is 1. The Labute approximate surface area is 121 Å². The number of nitro benzene ring substituents is 2. The molecular formula is C11H12N2O7S. The summed E-state index contributed by atoms with van der Waals surface area (Å²) >= 11 is 0. The summed E-state index contributed by atoms with van der Waals surface area (Å²) in [5, 5.41) is 30.2. The van der Waals surface area contributed by atoms with Crippen LogP contribution in [0.4, 0.5) is 11.4 Å². The van der Waals surface area contributed by atoms with Crippen molar-refractivity contribution < 1.29 is 24.0 Å². The molecule has 0 heterocycles. The summed E-state index contributed by atoms with van der Waals surface area (Å²) < 4.78 is 11.8. The van der Waals surface area contributed by atoms with E-state index in [1.54, 1.807) is 0 Å². The van der Waals surface area contributed by atoms with Crippen LogP contribution < -0.4 is 0 Å². The van der Waals surface area contributed by atoms with E-state index < -0.39 is 43.9 Å². The largest absolute Gasteiger partial charge is 0.481 e. The summed E-state index contributed by atoms with van der Waals surface area (Å²) in [6.45, 7) is 1.38. The Hall–Kier alpha value is -2.36. The van der Waals surface area contributed by atoms with E-state index in [1.807, 2.05) is 0 Å². The van der Waals surface area contributed by atoms with E-state index in [9.17, 15) is 29.2 Å². The lowest BCUT2D eigenvalue weighted by atomic mass is 10.2. The van der Waals surface area contributed by atoms with Gasteiger partial charge in [0.05, 0.1) is 27.6 Å². The third kappa shape index (κ3) is 4.60. The molecule has 0 radical (unpaired) electrons. The second kappa shape index (κ2) is 6.88. The lowest BCUT2D eigenvalue weighted by molar-refractivity contribution is -0.394. The van der Waals surface area contributed by atoms with Crippen LogP contribution in [-0.2, 0) is 21.3 Å². The molecule has 114 valence electrons. The second-order valence-corrected chi connectivity index (χ2v) is 5.82. The molecule has 1 aromatic carbocycles. The van der Waals surface area contributed by atoms with Crippen LogP contribution in [0.2, 0.25) is 0 Å². The summed E-state index contributed by atoms with van der Waals surface area (Å²) in [6.07, 6.45) is 0. The Morgan fingerprint density at radius 1 is 1.33 bits per heavy atom. The van der Waals surface area contributed by atoms with Crippen LogP contribution in [0.5, 0.6) is 0 Å². The molecular weight excluding hydrogens is 304 g/mol. The number of carboxylic acid groups (broad SMARTS) is 1. The maximum absolute atomic E-state index is 11.8. The summed E-state index contributed by atoms with van der Waals surface area (Å²) in [5.41, 5.74) is -0.864. The minimum Gasteiger partial charge on any atom is -0.481 e. The first-order valence-electron chi connectivity index (χ1n) is 5.72. The monoisotopic (exact) mass is 316 g/mol. The van der Waals surface area contributed by atoms with Crippen LogP contribution in [0.25, 0.3) is 0 Å². The first kappa shape index (κ1) is 16.7. The van der Waals surface area contributed by atoms with E-state index in [-0.39, 0.29) is 17.1 Å². The summed E-state index contributed by atoms with van der Waals surface area (Å²) in [6, 6.07) is 3.05. The average molecular weight is 316 g/mol. The van der Waals surface area contributed by atoms with Gasteiger partial charge >= 0.3 is 5.97 Å². The Kier molecular flexibility index (Phi) is 5.47. The summed E-state index contributed by atoms with van der Waals surface area (Å²) in [4.78, 5) is 30.6. The van der Waals surface area contributed by atoms with Gasteiger partial charge in [0.15, 0.2) is 0 Å². The molecule has 0 amide bonds. The lowest BCUT2D eigenvalue weighted by Gasteiger charge is -2.06. The third-order valence-electron chi connectivity index (χ3n) is 2.65. The highest BCUT2D eigenvalue weighted by molar-refractivity contribution is 7.84. The van der Waals surface area contributed by atoms with Crippen molar-refractivity contribution >= 4 is 28.1 Å². The van der Waals surface area contributed by atoms with Gasteiger partial charge in [-0.1, -0.05) is 6.92 Å². The Morgan fingerprint density at radius 2 is 1.95 bits per heavy atom. The number of rotatable bonds is 7. The van der Waals surface area contributed by atoms with Crippen molar-refractivity contribution in [3.63, 3.8) is 0 Å². The number of hydrogen-bond acceptors (Lipinski definition) is 6. The number of carbonyl (C=O) groups is 1. The van der Waals surface area contributed by atoms with Crippen LogP contribution in [-0.4, -0.2) is 30.9 Å². The van der Waals surface area contributed by atoms with Gasteiger partial charge in [0.2, 0.25) is 0 Å². The number of nitrogens with zero attached hydrogens (tertiary/aromatic N) is 2. The zero-order chi connectivity index (χ0) is 16.2. The van der Waals surface area contributed by atoms with Crippen LogP contribution >= 0.6 is 0 Å². The van der Waals surface area contributed by atoms with Gasteiger partial charge in [0, 0.05) is 28.2 Å².